The van der Waals surface area contributed by atoms with Crippen LogP contribution in [0.25, 0.3) is 0 Å². The Hall–Kier alpha value is -0.0800. The van der Waals surface area contributed by atoms with Crippen LogP contribution in [-0.4, -0.2) is 36.6 Å². The molecule has 1 N–H and O–H groups in total. The highest BCUT2D eigenvalue weighted by Gasteiger charge is 2.30. The molecule has 2 atom stereocenters. The molecule has 0 aromatic rings. The van der Waals surface area contributed by atoms with Gasteiger partial charge in [0.25, 0.3) is 0 Å². The van der Waals surface area contributed by atoms with Gasteiger partial charge in [-0.3, -0.25) is 4.90 Å². The van der Waals surface area contributed by atoms with Crippen molar-refractivity contribution in [2.75, 3.05) is 19.6 Å². The Balaban J connectivity index is 1.84. The fourth-order valence-electron chi connectivity index (χ4n) is 2.36. The van der Waals surface area contributed by atoms with E-state index in [1.54, 1.807) is 0 Å². The van der Waals surface area contributed by atoms with Crippen molar-refractivity contribution >= 4 is 0 Å². The third-order valence-electron chi connectivity index (χ3n) is 3.36. The maximum absolute atomic E-state index is 3.53. The maximum atomic E-state index is 3.53. The monoisotopic (exact) mass is 168 g/mol. The smallest absolute Gasteiger partial charge is 0.0223 e. The molecule has 2 nitrogen and oxygen atoms in total. The van der Waals surface area contributed by atoms with Gasteiger partial charge in [0.2, 0.25) is 0 Å². The molecule has 2 aliphatic heterocycles. The first-order valence-corrected chi connectivity index (χ1v) is 5.34. The first-order chi connectivity index (χ1) is 5.88. The standard InChI is InChI=1S/C10H20N2/c1-9-5-7-12(9)10-4-2-3-6-11-8-10/h9-11H,2-8H2,1H3. The van der Waals surface area contributed by atoms with Crippen LogP contribution in [0.4, 0.5) is 0 Å². The second-order valence-electron chi connectivity index (χ2n) is 4.23. The Bertz CT molecular complexity index is 139. The van der Waals surface area contributed by atoms with Gasteiger partial charge >= 0.3 is 0 Å². The summed E-state index contributed by atoms with van der Waals surface area (Å²) in [6.07, 6.45) is 5.62. The molecule has 0 amide bonds. The summed E-state index contributed by atoms with van der Waals surface area (Å²) in [6.45, 7) is 6.16. The fourth-order valence-corrected chi connectivity index (χ4v) is 2.36. The Morgan fingerprint density at radius 2 is 2.17 bits per heavy atom. The second kappa shape index (κ2) is 3.75. The number of hydrogen-bond acceptors (Lipinski definition) is 2. The Kier molecular flexibility index (Phi) is 2.66. The van der Waals surface area contributed by atoms with E-state index in [1.165, 1.54) is 45.3 Å². The molecule has 2 heterocycles. The van der Waals surface area contributed by atoms with Crippen LogP contribution in [0.1, 0.15) is 32.6 Å². The lowest BCUT2D eigenvalue weighted by molar-refractivity contribution is 0.0503. The predicted octanol–water partition coefficient (Wildman–Crippen LogP) is 1.22. The van der Waals surface area contributed by atoms with Gasteiger partial charge in [-0.05, 0) is 32.7 Å². The van der Waals surface area contributed by atoms with Gasteiger partial charge in [-0.2, -0.15) is 0 Å². The summed E-state index contributed by atoms with van der Waals surface area (Å²) in [5, 5.41) is 3.53. The van der Waals surface area contributed by atoms with Crippen molar-refractivity contribution in [1.82, 2.24) is 10.2 Å². The van der Waals surface area contributed by atoms with Crippen molar-refractivity contribution in [2.24, 2.45) is 0 Å². The molecule has 2 heteroatoms. The topological polar surface area (TPSA) is 15.3 Å². The van der Waals surface area contributed by atoms with Crippen LogP contribution >= 0.6 is 0 Å². The summed E-state index contributed by atoms with van der Waals surface area (Å²) in [6, 6.07) is 1.70. The van der Waals surface area contributed by atoms with Crippen molar-refractivity contribution < 1.29 is 0 Å². The van der Waals surface area contributed by atoms with Gasteiger partial charge in [-0.15, -0.1) is 0 Å². The number of hydrogen-bond donors (Lipinski definition) is 1. The minimum absolute atomic E-state index is 0.844. The Morgan fingerprint density at radius 3 is 2.83 bits per heavy atom. The van der Waals surface area contributed by atoms with Gasteiger partial charge in [-0.1, -0.05) is 6.42 Å². The Labute approximate surface area is 75.3 Å². The largest absolute Gasteiger partial charge is 0.315 e. The van der Waals surface area contributed by atoms with E-state index < -0.39 is 0 Å². The first-order valence-electron chi connectivity index (χ1n) is 5.34. The van der Waals surface area contributed by atoms with Crippen LogP contribution < -0.4 is 5.32 Å². The zero-order valence-corrected chi connectivity index (χ0v) is 8.05. The average molecular weight is 168 g/mol. The average Bonchev–Trinajstić information content (AvgIpc) is 2.30. The summed E-state index contributed by atoms with van der Waals surface area (Å²) < 4.78 is 0. The minimum atomic E-state index is 0.844. The summed E-state index contributed by atoms with van der Waals surface area (Å²) in [5.41, 5.74) is 0. The zero-order valence-electron chi connectivity index (χ0n) is 8.05. The van der Waals surface area contributed by atoms with E-state index in [-0.39, 0.29) is 0 Å². The molecule has 0 aromatic carbocycles. The molecule has 70 valence electrons. The van der Waals surface area contributed by atoms with Gasteiger partial charge in [0.05, 0.1) is 0 Å². The van der Waals surface area contributed by atoms with Crippen molar-refractivity contribution in [1.29, 1.82) is 0 Å². The highest BCUT2D eigenvalue weighted by atomic mass is 15.2. The molecule has 0 spiro atoms. The summed E-state index contributed by atoms with van der Waals surface area (Å²) in [5.74, 6) is 0. The molecule has 2 unspecified atom stereocenters. The summed E-state index contributed by atoms with van der Waals surface area (Å²) in [7, 11) is 0. The SMILES string of the molecule is CC1CCN1C1CCCCNC1. The lowest BCUT2D eigenvalue weighted by Gasteiger charge is -2.44. The van der Waals surface area contributed by atoms with Crippen LogP contribution in [-0.2, 0) is 0 Å². The second-order valence-corrected chi connectivity index (χ2v) is 4.23. The lowest BCUT2D eigenvalue weighted by Crippen LogP contribution is -2.54. The maximum Gasteiger partial charge on any atom is 0.0223 e. The molecule has 0 radical (unpaired) electrons. The van der Waals surface area contributed by atoms with Gasteiger partial charge in [0.1, 0.15) is 0 Å². The van der Waals surface area contributed by atoms with E-state index in [1.807, 2.05) is 0 Å². The van der Waals surface area contributed by atoms with Crippen molar-refractivity contribution in [3.8, 4) is 0 Å². The van der Waals surface area contributed by atoms with Gasteiger partial charge < -0.3 is 5.32 Å². The van der Waals surface area contributed by atoms with Crippen molar-refractivity contribution in [3.63, 3.8) is 0 Å². The zero-order chi connectivity index (χ0) is 8.39. The number of nitrogens with one attached hydrogen (secondary N) is 1. The van der Waals surface area contributed by atoms with Gasteiger partial charge in [0, 0.05) is 25.2 Å². The summed E-state index contributed by atoms with van der Waals surface area (Å²) >= 11 is 0. The molecule has 0 aromatic heterocycles. The van der Waals surface area contributed by atoms with E-state index in [9.17, 15) is 0 Å². The van der Waals surface area contributed by atoms with E-state index in [4.69, 9.17) is 0 Å². The van der Waals surface area contributed by atoms with Crippen LogP contribution in [0.2, 0.25) is 0 Å². The van der Waals surface area contributed by atoms with E-state index in [0.717, 1.165) is 12.1 Å². The van der Waals surface area contributed by atoms with Crippen LogP contribution in [0.15, 0.2) is 0 Å². The van der Waals surface area contributed by atoms with Crippen LogP contribution in [0.3, 0.4) is 0 Å². The van der Waals surface area contributed by atoms with Crippen molar-refractivity contribution in [2.45, 2.75) is 44.7 Å². The van der Waals surface area contributed by atoms with Gasteiger partial charge in [0.15, 0.2) is 0 Å². The molecule has 0 saturated carbocycles. The molecule has 2 saturated heterocycles. The molecule has 12 heavy (non-hydrogen) atoms. The van der Waals surface area contributed by atoms with Crippen LogP contribution in [0.5, 0.6) is 0 Å². The molecule has 0 bridgehead atoms. The quantitative estimate of drug-likeness (QED) is 0.633. The third-order valence-corrected chi connectivity index (χ3v) is 3.36. The molecule has 2 aliphatic rings. The summed E-state index contributed by atoms with van der Waals surface area (Å²) in [4.78, 5) is 2.66. The third kappa shape index (κ3) is 1.64. The van der Waals surface area contributed by atoms with Crippen molar-refractivity contribution in [3.05, 3.63) is 0 Å². The highest BCUT2D eigenvalue weighted by molar-refractivity contribution is 4.87. The van der Waals surface area contributed by atoms with E-state index in [0.29, 0.717) is 0 Å². The number of rotatable bonds is 1. The predicted molar refractivity (Wildman–Crippen MR) is 51.3 cm³/mol. The van der Waals surface area contributed by atoms with E-state index in [2.05, 4.69) is 17.1 Å². The highest BCUT2D eigenvalue weighted by Crippen LogP contribution is 2.23. The first kappa shape index (κ1) is 8.52. The van der Waals surface area contributed by atoms with Crippen LogP contribution in [0, 0.1) is 0 Å². The number of likely N-dealkylation sites (tertiary alicyclic amines) is 1. The molecule has 0 aliphatic carbocycles. The molecular weight excluding hydrogens is 148 g/mol. The van der Waals surface area contributed by atoms with Gasteiger partial charge in [-0.25, -0.2) is 0 Å². The number of nitrogens with zero attached hydrogens (tertiary/aromatic N) is 1. The minimum Gasteiger partial charge on any atom is -0.315 e. The molecular formula is C10H20N2. The molecule has 2 fully saturated rings. The lowest BCUT2D eigenvalue weighted by atomic mass is 9.99. The Morgan fingerprint density at radius 1 is 1.25 bits per heavy atom. The fraction of sp³-hybridized carbons (Fsp3) is 1.00. The van der Waals surface area contributed by atoms with E-state index >= 15 is 0 Å². The normalized spacial score (nSPS) is 38.8. The molecule has 2 rings (SSSR count).